The van der Waals surface area contributed by atoms with Crippen LogP contribution in [0, 0.1) is 6.92 Å². The number of anilines is 1. The van der Waals surface area contributed by atoms with E-state index in [1.165, 1.54) is 35.7 Å². The first kappa shape index (κ1) is 15.4. The van der Waals surface area contributed by atoms with Crippen molar-refractivity contribution >= 4 is 27.4 Å². The summed E-state index contributed by atoms with van der Waals surface area (Å²) in [6.07, 6.45) is 7.17. The summed E-state index contributed by atoms with van der Waals surface area (Å²) in [7, 11) is 0. The van der Waals surface area contributed by atoms with Crippen LogP contribution in [0.25, 0.3) is 10.2 Å². The second-order valence-electron chi connectivity index (χ2n) is 5.89. The first-order valence-electron chi connectivity index (χ1n) is 7.96. The average Bonchev–Trinajstić information content (AvgIpc) is 3.16. The van der Waals surface area contributed by atoms with Gasteiger partial charge in [0.15, 0.2) is 0 Å². The normalized spacial score (nSPS) is 14.3. The van der Waals surface area contributed by atoms with E-state index < -0.39 is 6.55 Å². The highest BCUT2D eigenvalue weighted by Crippen LogP contribution is 2.38. The first-order valence-corrected chi connectivity index (χ1v) is 8.77. The molecular formula is C16H17F2N5S. The molecule has 0 aromatic carbocycles. The lowest BCUT2D eigenvalue weighted by molar-refractivity contribution is 0.0673. The van der Waals surface area contributed by atoms with Crippen LogP contribution >= 0.6 is 11.3 Å². The number of nitrogens with zero attached hydrogens (tertiary/aromatic N) is 4. The molecule has 4 rings (SSSR count). The number of rotatable bonds is 4. The Labute approximate surface area is 141 Å². The van der Waals surface area contributed by atoms with E-state index in [4.69, 9.17) is 0 Å². The fourth-order valence-electron chi connectivity index (χ4n) is 3.21. The standard InChI is InChI=1S/C16H17F2N5S/c1-9-21-14(20-8-12-19-6-7-23(12)16(17)18)13-10-4-2-3-5-11(10)24-15(13)22-9/h6-7,16H,2-5,8H2,1H3,(H,20,21,22). The van der Waals surface area contributed by atoms with Gasteiger partial charge in [0.2, 0.25) is 0 Å². The molecule has 0 saturated carbocycles. The van der Waals surface area contributed by atoms with Crippen LogP contribution in [0.15, 0.2) is 12.4 Å². The van der Waals surface area contributed by atoms with E-state index >= 15 is 0 Å². The molecule has 5 nitrogen and oxygen atoms in total. The van der Waals surface area contributed by atoms with Gasteiger partial charge >= 0.3 is 6.55 Å². The SMILES string of the molecule is Cc1nc(NCc2nccn2C(F)F)c2c3c(sc2n1)CCCC3. The van der Waals surface area contributed by atoms with Crippen LogP contribution in [0.4, 0.5) is 14.6 Å². The number of imidazole rings is 1. The van der Waals surface area contributed by atoms with Gasteiger partial charge in [-0.1, -0.05) is 0 Å². The van der Waals surface area contributed by atoms with E-state index in [0.29, 0.717) is 11.6 Å². The van der Waals surface area contributed by atoms with Crippen LogP contribution < -0.4 is 5.32 Å². The third-order valence-corrected chi connectivity index (χ3v) is 5.49. The summed E-state index contributed by atoms with van der Waals surface area (Å²) < 4.78 is 26.8. The number of aryl methyl sites for hydroxylation is 3. The van der Waals surface area contributed by atoms with Gasteiger partial charge < -0.3 is 5.32 Å². The van der Waals surface area contributed by atoms with Crippen molar-refractivity contribution in [1.29, 1.82) is 0 Å². The molecule has 1 N–H and O–H groups in total. The monoisotopic (exact) mass is 349 g/mol. The van der Waals surface area contributed by atoms with Gasteiger partial charge in [0.05, 0.1) is 11.9 Å². The molecule has 0 amide bonds. The molecule has 0 spiro atoms. The molecule has 3 heterocycles. The van der Waals surface area contributed by atoms with E-state index in [0.717, 1.165) is 33.4 Å². The zero-order valence-electron chi connectivity index (χ0n) is 13.2. The van der Waals surface area contributed by atoms with E-state index in [-0.39, 0.29) is 6.54 Å². The lowest BCUT2D eigenvalue weighted by Gasteiger charge is -2.13. The van der Waals surface area contributed by atoms with E-state index in [1.807, 2.05) is 6.92 Å². The molecular weight excluding hydrogens is 332 g/mol. The molecule has 0 aliphatic heterocycles. The second kappa shape index (κ2) is 6.08. The minimum atomic E-state index is -2.59. The topological polar surface area (TPSA) is 55.6 Å². The van der Waals surface area contributed by atoms with E-state index in [1.54, 1.807) is 11.3 Å². The van der Waals surface area contributed by atoms with E-state index in [2.05, 4.69) is 20.3 Å². The average molecular weight is 349 g/mol. The molecule has 0 fully saturated rings. The smallest absolute Gasteiger partial charge is 0.319 e. The third-order valence-electron chi connectivity index (χ3n) is 4.30. The maximum absolute atomic E-state index is 13.0. The fraction of sp³-hybridized carbons (Fsp3) is 0.438. The summed E-state index contributed by atoms with van der Waals surface area (Å²) in [5.74, 6) is 1.69. The van der Waals surface area contributed by atoms with Crippen molar-refractivity contribution in [3.8, 4) is 0 Å². The number of fused-ring (bicyclic) bond motifs is 3. The zero-order valence-corrected chi connectivity index (χ0v) is 14.0. The summed E-state index contributed by atoms with van der Waals surface area (Å²) in [4.78, 5) is 15.4. The van der Waals surface area contributed by atoms with Gasteiger partial charge in [-0.15, -0.1) is 11.3 Å². The molecule has 0 saturated heterocycles. The highest BCUT2D eigenvalue weighted by molar-refractivity contribution is 7.19. The van der Waals surface area contributed by atoms with Gasteiger partial charge in [0, 0.05) is 17.3 Å². The van der Waals surface area contributed by atoms with Crippen molar-refractivity contribution in [1.82, 2.24) is 19.5 Å². The van der Waals surface area contributed by atoms with Crippen molar-refractivity contribution in [3.63, 3.8) is 0 Å². The Morgan fingerprint density at radius 2 is 2.12 bits per heavy atom. The summed E-state index contributed by atoms with van der Waals surface area (Å²) in [5.41, 5.74) is 1.32. The minimum absolute atomic E-state index is 0.202. The number of aromatic nitrogens is 4. The zero-order chi connectivity index (χ0) is 16.7. The molecule has 0 bridgehead atoms. The van der Waals surface area contributed by atoms with Gasteiger partial charge in [-0.2, -0.15) is 8.78 Å². The van der Waals surface area contributed by atoms with Gasteiger partial charge in [-0.3, -0.25) is 4.57 Å². The molecule has 1 aliphatic carbocycles. The lowest BCUT2D eigenvalue weighted by Crippen LogP contribution is -2.11. The Morgan fingerprint density at radius 1 is 1.29 bits per heavy atom. The third kappa shape index (κ3) is 2.64. The number of halogens is 2. The van der Waals surface area contributed by atoms with Crippen molar-refractivity contribution in [2.45, 2.75) is 45.7 Å². The van der Waals surface area contributed by atoms with Crippen LogP contribution in [-0.2, 0) is 19.4 Å². The molecule has 0 radical (unpaired) electrons. The number of hydrogen-bond donors (Lipinski definition) is 1. The van der Waals surface area contributed by atoms with Gasteiger partial charge in [-0.25, -0.2) is 15.0 Å². The van der Waals surface area contributed by atoms with Crippen LogP contribution in [0.3, 0.4) is 0 Å². The predicted molar refractivity (Wildman–Crippen MR) is 89.6 cm³/mol. The Bertz CT molecular complexity index is 886. The number of nitrogens with one attached hydrogen (secondary N) is 1. The molecule has 3 aromatic rings. The quantitative estimate of drug-likeness (QED) is 0.771. The highest BCUT2D eigenvalue weighted by Gasteiger charge is 2.21. The minimum Gasteiger partial charge on any atom is -0.362 e. The largest absolute Gasteiger partial charge is 0.362 e. The molecule has 24 heavy (non-hydrogen) atoms. The molecule has 126 valence electrons. The van der Waals surface area contributed by atoms with Gasteiger partial charge in [-0.05, 0) is 38.2 Å². The second-order valence-corrected chi connectivity index (χ2v) is 6.98. The Balaban J connectivity index is 1.70. The Morgan fingerprint density at radius 3 is 2.96 bits per heavy atom. The Kier molecular flexibility index (Phi) is 3.91. The van der Waals surface area contributed by atoms with Crippen molar-refractivity contribution in [2.24, 2.45) is 0 Å². The molecule has 3 aromatic heterocycles. The molecule has 0 atom stereocenters. The van der Waals surface area contributed by atoms with Crippen molar-refractivity contribution in [3.05, 3.63) is 34.5 Å². The summed E-state index contributed by atoms with van der Waals surface area (Å²) in [6.45, 7) is -0.540. The van der Waals surface area contributed by atoms with Crippen LogP contribution in [0.2, 0.25) is 0 Å². The summed E-state index contributed by atoms with van der Waals surface area (Å²) in [5, 5.41) is 4.25. The summed E-state index contributed by atoms with van der Waals surface area (Å²) >= 11 is 1.73. The fourth-order valence-corrected chi connectivity index (χ4v) is 4.52. The summed E-state index contributed by atoms with van der Waals surface area (Å²) in [6, 6.07) is 0. The van der Waals surface area contributed by atoms with Crippen molar-refractivity contribution < 1.29 is 8.78 Å². The van der Waals surface area contributed by atoms with Crippen LogP contribution in [0.5, 0.6) is 0 Å². The number of alkyl halides is 2. The molecule has 8 heteroatoms. The molecule has 0 unspecified atom stereocenters. The van der Waals surface area contributed by atoms with Crippen molar-refractivity contribution in [2.75, 3.05) is 5.32 Å². The maximum Gasteiger partial charge on any atom is 0.319 e. The Hall–Kier alpha value is -2.09. The first-order chi connectivity index (χ1) is 11.6. The van der Waals surface area contributed by atoms with Gasteiger partial charge in [0.1, 0.15) is 22.3 Å². The molecule has 1 aliphatic rings. The lowest BCUT2D eigenvalue weighted by atomic mass is 9.97. The van der Waals surface area contributed by atoms with Gasteiger partial charge in [0.25, 0.3) is 0 Å². The predicted octanol–water partition coefficient (Wildman–Crippen LogP) is 4.08. The number of hydrogen-bond acceptors (Lipinski definition) is 5. The van der Waals surface area contributed by atoms with E-state index in [9.17, 15) is 8.78 Å². The van der Waals surface area contributed by atoms with Crippen LogP contribution in [0.1, 0.15) is 41.5 Å². The van der Waals surface area contributed by atoms with Crippen LogP contribution in [-0.4, -0.2) is 19.5 Å². The number of thiophene rings is 1. The highest BCUT2D eigenvalue weighted by atomic mass is 32.1. The maximum atomic E-state index is 13.0.